The summed E-state index contributed by atoms with van der Waals surface area (Å²) in [5.41, 5.74) is 12.7. The Morgan fingerprint density at radius 3 is 1.33 bits per heavy atom. The van der Waals surface area contributed by atoms with Gasteiger partial charge in [-0.05, 0) is 45.5 Å². The van der Waals surface area contributed by atoms with E-state index in [1.54, 1.807) is 0 Å². The zero-order valence-corrected chi connectivity index (χ0v) is 28.2. The minimum Gasteiger partial charge on any atom is -0.457 e. The maximum Gasteiger partial charge on any atom is 0.242 e. The second-order valence-electron chi connectivity index (χ2n) is 13.2. The highest BCUT2D eigenvalue weighted by atomic mass is 16.5. The summed E-state index contributed by atoms with van der Waals surface area (Å²) in [5, 5.41) is 0. The van der Waals surface area contributed by atoms with E-state index >= 15 is 0 Å². The zero-order chi connectivity index (χ0) is 34.0. The maximum absolute atomic E-state index is 6.81. The van der Waals surface area contributed by atoms with Gasteiger partial charge in [0.05, 0.1) is 5.41 Å². The van der Waals surface area contributed by atoms with Crippen molar-refractivity contribution in [3.8, 4) is 33.8 Å². The molecule has 0 bridgehead atoms. The van der Waals surface area contributed by atoms with Crippen LogP contribution in [0, 0.1) is 0 Å². The number of benzene rings is 8. The third kappa shape index (κ3) is 5.28. The summed E-state index contributed by atoms with van der Waals surface area (Å²) in [6, 6.07) is 76.6. The van der Waals surface area contributed by atoms with Crippen molar-refractivity contribution < 1.29 is 4.74 Å². The molecule has 0 N–H and O–H groups in total. The summed E-state index contributed by atoms with van der Waals surface area (Å²) < 4.78 is 6.81. The van der Waals surface area contributed by atoms with Crippen molar-refractivity contribution in [2.75, 3.05) is 0 Å². The van der Waals surface area contributed by atoms with E-state index in [2.05, 4.69) is 212 Å². The Morgan fingerprint density at radius 2 is 0.784 bits per heavy atom. The Morgan fingerprint density at radius 1 is 0.353 bits per heavy atom. The Kier molecular flexibility index (Phi) is 7.91. The van der Waals surface area contributed by atoms with E-state index in [0.717, 1.165) is 22.6 Å². The van der Waals surface area contributed by atoms with Crippen LogP contribution in [0.2, 0.25) is 0 Å². The molecule has 9 rings (SSSR count). The molecule has 8 aromatic carbocycles. The first-order chi connectivity index (χ1) is 25.3. The quantitative estimate of drug-likeness (QED) is 0.156. The van der Waals surface area contributed by atoms with Crippen molar-refractivity contribution in [2.24, 2.45) is 0 Å². The van der Waals surface area contributed by atoms with E-state index in [4.69, 9.17) is 4.74 Å². The van der Waals surface area contributed by atoms with E-state index in [9.17, 15) is 0 Å². The van der Waals surface area contributed by atoms with Gasteiger partial charge in [0.25, 0.3) is 0 Å². The van der Waals surface area contributed by atoms with Crippen molar-refractivity contribution in [3.05, 3.63) is 235 Å². The Balaban J connectivity index is 1.36. The normalized spacial score (nSPS) is 12.6. The van der Waals surface area contributed by atoms with Gasteiger partial charge in [0, 0.05) is 11.1 Å². The van der Waals surface area contributed by atoms with Gasteiger partial charge in [0.2, 0.25) is 6.71 Å². The van der Waals surface area contributed by atoms with Crippen LogP contribution in [0.1, 0.15) is 22.3 Å². The van der Waals surface area contributed by atoms with E-state index < -0.39 is 5.41 Å². The first-order valence-electron chi connectivity index (χ1n) is 17.6. The Labute approximate surface area is 300 Å². The van der Waals surface area contributed by atoms with Gasteiger partial charge in [0.15, 0.2) is 0 Å². The summed E-state index contributed by atoms with van der Waals surface area (Å²) in [5.74, 6) is 1.75. The average Bonchev–Trinajstić information content (AvgIpc) is 3.22. The van der Waals surface area contributed by atoms with Gasteiger partial charge in [0.1, 0.15) is 11.5 Å². The van der Waals surface area contributed by atoms with Gasteiger partial charge in [-0.25, -0.2) is 0 Å². The molecule has 0 unspecified atom stereocenters. The minimum absolute atomic E-state index is 0.0791. The molecule has 8 aromatic rings. The molecule has 0 radical (unpaired) electrons. The molecule has 0 spiro atoms. The zero-order valence-electron chi connectivity index (χ0n) is 28.2. The van der Waals surface area contributed by atoms with Crippen LogP contribution in [0.5, 0.6) is 11.5 Å². The fourth-order valence-corrected chi connectivity index (χ4v) is 8.19. The van der Waals surface area contributed by atoms with Gasteiger partial charge in [-0.2, -0.15) is 0 Å². The molecule has 0 atom stereocenters. The molecule has 1 aliphatic heterocycles. The molecule has 0 aromatic heterocycles. The van der Waals surface area contributed by atoms with Crippen molar-refractivity contribution in [1.82, 2.24) is 0 Å². The van der Waals surface area contributed by atoms with Crippen LogP contribution >= 0.6 is 0 Å². The molecule has 0 aliphatic carbocycles. The second-order valence-corrected chi connectivity index (χ2v) is 13.2. The predicted octanol–water partition coefficient (Wildman–Crippen LogP) is 10.0. The molecule has 51 heavy (non-hydrogen) atoms. The first-order valence-corrected chi connectivity index (χ1v) is 17.6. The van der Waals surface area contributed by atoms with Gasteiger partial charge in [-0.3, -0.25) is 0 Å². The third-order valence-electron chi connectivity index (χ3n) is 10.4. The summed E-state index contributed by atoms with van der Waals surface area (Å²) in [6.07, 6.45) is 0. The minimum atomic E-state index is -0.606. The third-order valence-corrected chi connectivity index (χ3v) is 10.4. The van der Waals surface area contributed by atoms with Crippen LogP contribution in [0.3, 0.4) is 0 Å². The highest BCUT2D eigenvalue weighted by molar-refractivity contribution is 6.97. The van der Waals surface area contributed by atoms with Gasteiger partial charge in [-0.1, -0.05) is 217 Å². The Hall–Kier alpha value is -6.38. The first kappa shape index (κ1) is 30.7. The van der Waals surface area contributed by atoms with Crippen molar-refractivity contribution >= 4 is 23.1 Å². The smallest absolute Gasteiger partial charge is 0.242 e. The molecular formula is C49H35BO. The lowest BCUT2D eigenvalue weighted by Gasteiger charge is -2.42. The van der Waals surface area contributed by atoms with E-state index in [1.807, 2.05) is 0 Å². The molecule has 2 heteroatoms. The molecule has 1 aliphatic rings. The summed E-state index contributed by atoms with van der Waals surface area (Å²) in [4.78, 5) is 0. The number of hydrogen-bond donors (Lipinski definition) is 0. The number of hydrogen-bond acceptors (Lipinski definition) is 1. The molecule has 0 saturated heterocycles. The lowest BCUT2D eigenvalue weighted by Crippen LogP contribution is -2.53. The topological polar surface area (TPSA) is 9.23 Å². The molecule has 1 nitrogen and oxygen atoms in total. The molecule has 0 amide bonds. The van der Waals surface area contributed by atoms with E-state index in [-0.39, 0.29) is 6.71 Å². The lowest BCUT2D eigenvalue weighted by atomic mass is 9.35. The average molecular weight is 651 g/mol. The second kappa shape index (κ2) is 13.2. The Bertz CT molecular complexity index is 2320. The number of fused-ring (bicyclic) bond motifs is 2. The monoisotopic (exact) mass is 650 g/mol. The molecule has 0 fully saturated rings. The van der Waals surface area contributed by atoms with Gasteiger partial charge in [-0.15, -0.1) is 0 Å². The van der Waals surface area contributed by atoms with Crippen LogP contribution < -0.4 is 21.1 Å². The van der Waals surface area contributed by atoms with E-state index in [1.165, 1.54) is 49.8 Å². The lowest BCUT2D eigenvalue weighted by molar-refractivity contribution is 0.435. The van der Waals surface area contributed by atoms with Crippen LogP contribution in [-0.2, 0) is 5.41 Å². The highest BCUT2D eigenvalue weighted by Gasteiger charge is 2.45. The largest absolute Gasteiger partial charge is 0.457 e. The van der Waals surface area contributed by atoms with Crippen LogP contribution in [-0.4, -0.2) is 6.71 Å². The number of rotatable bonds is 7. The fraction of sp³-hybridized carbons (Fsp3) is 0.0204. The highest BCUT2D eigenvalue weighted by Crippen LogP contribution is 2.54. The summed E-state index contributed by atoms with van der Waals surface area (Å²) >= 11 is 0. The van der Waals surface area contributed by atoms with Crippen LogP contribution in [0.25, 0.3) is 22.3 Å². The van der Waals surface area contributed by atoms with Crippen molar-refractivity contribution in [1.29, 1.82) is 0 Å². The molecular weight excluding hydrogens is 615 g/mol. The molecule has 1 heterocycles. The molecule has 240 valence electrons. The van der Waals surface area contributed by atoms with Crippen LogP contribution in [0.15, 0.2) is 212 Å². The number of para-hydroxylation sites is 1. The number of ether oxygens (including phenoxy) is 1. The predicted molar refractivity (Wildman–Crippen MR) is 213 cm³/mol. The molecule has 0 saturated carbocycles. The maximum atomic E-state index is 6.81. The SMILES string of the molecule is c1ccc(-c2ccccc2B(c2ccc3c(c2)C(c2ccccc2)(c2ccccc2)c2ccccc2O3)c2ccccc2-c2ccccc2)cc1. The van der Waals surface area contributed by atoms with Crippen molar-refractivity contribution in [3.63, 3.8) is 0 Å². The van der Waals surface area contributed by atoms with Crippen LogP contribution in [0.4, 0.5) is 0 Å². The van der Waals surface area contributed by atoms with E-state index in [0.29, 0.717) is 0 Å². The summed E-state index contributed by atoms with van der Waals surface area (Å²) in [7, 11) is 0. The fourth-order valence-electron chi connectivity index (χ4n) is 8.19. The summed E-state index contributed by atoms with van der Waals surface area (Å²) in [6.45, 7) is -0.0791. The van der Waals surface area contributed by atoms with Gasteiger partial charge < -0.3 is 4.74 Å². The van der Waals surface area contributed by atoms with Gasteiger partial charge >= 0.3 is 0 Å². The van der Waals surface area contributed by atoms with Crippen molar-refractivity contribution in [2.45, 2.75) is 5.41 Å². The standard InChI is InChI=1S/C49H35BO/c1-5-19-36(20-6-1)41-27-13-16-30-45(41)50(46-31-17-14-28-42(46)37-21-7-2-8-22-37)40-33-34-48-44(35-40)49(38-23-9-3-10-24-38,39-25-11-4-12-26-39)43-29-15-18-32-47(43)51-48/h1-35H.